The second-order valence-corrected chi connectivity index (χ2v) is 9.48. The van der Waals surface area contributed by atoms with Crippen molar-refractivity contribution in [3.63, 3.8) is 0 Å². The molecular weight excluding hydrogens is 435 g/mol. The van der Waals surface area contributed by atoms with Gasteiger partial charge in [0.05, 0.1) is 34.9 Å². The largest absolute Gasteiger partial charge is 0.496 e. The molecule has 1 saturated heterocycles. The van der Waals surface area contributed by atoms with Crippen LogP contribution in [-0.4, -0.2) is 62.1 Å². The Balaban J connectivity index is 1.76. The quantitative estimate of drug-likeness (QED) is 0.579. The van der Waals surface area contributed by atoms with Crippen LogP contribution in [0, 0.1) is 12.7 Å². The van der Waals surface area contributed by atoms with Crippen LogP contribution in [0.3, 0.4) is 0 Å². The highest BCUT2D eigenvalue weighted by Gasteiger charge is 2.37. The Kier molecular flexibility index (Phi) is 5.77. The van der Waals surface area contributed by atoms with Crippen LogP contribution in [0.15, 0.2) is 12.4 Å². The molecule has 10 heteroatoms. The maximum Gasteiger partial charge on any atom is 0.164 e. The average molecular weight is 463 g/mol. The molecule has 4 rings (SSSR count). The van der Waals surface area contributed by atoms with E-state index < -0.39 is 11.4 Å². The van der Waals surface area contributed by atoms with Crippen molar-refractivity contribution in [2.24, 2.45) is 0 Å². The van der Waals surface area contributed by atoms with Crippen LogP contribution in [-0.2, 0) is 0 Å². The summed E-state index contributed by atoms with van der Waals surface area (Å²) in [6.45, 7) is 9.02. The van der Waals surface area contributed by atoms with Gasteiger partial charge in [0.15, 0.2) is 5.65 Å². The number of hydrogen-bond donors (Lipinski definition) is 2. The number of methoxy groups -OCH3 is 1. The Labute approximate surface area is 191 Å². The standard InChI is InChI=1S/C22H28ClFN6O2/c1-11-16-20(25)26-10-27-21(16)30(28-11)12(2)14-6-15(23)18(24)17(19(14)32-5)13-7-29(8-13)9-22(3,4)31/h6,10,12-13,31H,7-9H2,1-5H3,(H2,25,26,27)/t12-/m1/s1. The number of hydrogen-bond acceptors (Lipinski definition) is 7. The SMILES string of the molecule is COc1c([C@@H](C)n2nc(C)c3c(N)ncnc32)cc(Cl)c(F)c1C1CN(CC(C)(C)O)C1. The lowest BCUT2D eigenvalue weighted by Crippen LogP contribution is -2.51. The van der Waals surface area contributed by atoms with E-state index in [2.05, 4.69) is 20.0 Å². The van der Waals surface area contributed by atoms with Crippen LogP contribution in [0.1, 0.15) is 49.6 Å². The zero-order valence-corrected chi connectivity index (χ0v) is 19.6. The molecular formula is C22H28ClFN6O2. The molecule has 0 unspecified atom stereocenters. The molecule has 1 aromatic carbocycles. The number of fused-ring (bicyclic) bond motifs is 1. The molecule has 1 aliphatic rings. The van der Waals surface area contributed by atoms with Crippen LogP contribution >= 0.6 is 11.6 Å². The van der Waals surface area contributed by atoms with Crippen LogP contribution in [0.5, 0.6) is 5.75 Å². The van der Waals surface area contributed by atoms with E-state index in [0.29, 0.717) is 59.1 Å². The van der Waals surface area contributed by atoms with E-state index in [4.69, 9.17) is 22.1 Å². The summed E-state index contributed by atoms with van der Waals surface area (Å²) in [6, 6.07) is 1.24. The monoisotopic (exact) mass is 462 g/mol. The summed E-state index contributed by atoms with van der Waals surface area (Å²) >= 11 is 6.34. The third-order valence-corrected chi connectivity index (χ3v) is 6.20. The summed E-state index contributed by atoms with van der Waals surface area (Å²) in [5.41, 5.74) is 7.67. The Morgan fingerprint density at radius 1 is 1.38 bits per heavy atom. The molecule has 1 aliphatic heterocycles. The summed E-state index contributed by atoms with van der Waals surface area (Å²) in [6.07, 6.45) is 1.40. The number of nitrogens with two attached hydrogens (primary N) is 1. The minimum atomic E-state index is -0.815. The number of ether oxygens (including phenoxy) is 1. The molecule has 3 aromatic rings. The van der Waals surface area contributed by atoms with Crippen molar-refractivity contribution in [2.45, 2.75) is 45.3 Å². The van der Waals surface area contributed by atoms with E-state index in [0.717, 1.165) is 0 Å². The number of rotatable bonds is 6. The Morgan fingerprint density at radius 3 is 2.69 bits per heavy atom. The minimum absolute atomic E-state index is 0.0333. The summed E-state index contributed by atoms with van der Waals surface area (Å²) in [5.74, 6) is 0.249. The van der Waals surface area contributed by atoms with Crippen molar-refractivity contribution in [3.8, 4) is 5.75 Å². The fourth-order valence-corrected chi connectivity index (χ4v) is 4.77. The Bertz CT molecular complexity index is 1170. The molecule has 3 heterocycles. The maximum absolute atomic E-state index is 15.2. The number of nitrogen functional groups attached to an aromatic ring is 1. The molecule has 2 aromatic heterocycles. The first kappa shape index (κ1) is 22.7. The number of aromatic nitrogens is 4. The van der Waals surface area contributed by atoms with Gasteiger partial charge >= 0.3 is 0 Å². The zero-order chi connectivity index (χ0) is 23.4. The van der Waals surface area contributed by atoms with Crippen LogP contribution in [0.4, 0.5) is 10.2 Å². The smallest absolute Gasteiger partial charge is 0.164 e. The van der Waals surface area contributed by atoms with Crippen LogP contribution < -0.4 is 10.5 Å². The first-order valence-electron chi connectivity index (χ1n) is 10.5. The van der Waals surface area contributed by atoms with Gasteiger partial charge in [-0.15, -0.1) is 0 Å². The fourth-order valence-electron chi connectivity index (χ4n) is 4.55. The molecule has 172 valence electrons. The Hall–Kier alpha value is -2.49. The van der Waals surface area contributed by atoms with Gasteiger partial charge in [-0.2, -0.15) is 5.10 Å². The number of halogens is 2. The highest BCUT2D eigenvalue weighted by Crippen LogP contribution is 2.43. The number of aliphatic hydroxyl groups is 1. The minimum Gasteiger partial charge on any atom is -0.496 e. The summed E-state index contributed by atoms with van der Waals surface area (Å²) in [4.78, 5) is 10.5. The van der Waals surface area contributed by atoms with E-state index in [1.807, 2.05) is 13.8 Å². The van der Waals surface area contributed by atoms with Gasteiger partial charge in [-0.3, -0.25) is 4.90 Å². The number of benzene rings is 1. The van der Waals surface area contributed by atoms with E-state index in [1.165, 1.54) is 13.4 Å². The number of β-amino-alcohol motifs (C(OH)–C–C–N with tert-alkyl or cyclic N) is 1. The third kappa shape index (κ3) is 3.89. The molecule has 1 fully saturated rings. The highest BCUT2D eigenvalue weighted by molar-refractivity contribution is 6.31. The van der Waals surface area contributed by atoms with Gasteiger partial charge in [0, 0.05) is 36.7 Å². The van der Waals surface area contributed by atoms with Gasteiger partial charge in [-0.05, 0) is 33.8 Å². The molecule has 0 saturated carbocycles. The van der Waals surface area contributed by atoms with Crippen molar-refractivity contribution in [1.29, 1.82) is 0 Å². The Morgan fingerprint density at radius 2 is 2.06 bits per heavy atom. The van der Waals surface area contributed by atoms with Crippen molar-refractivity contribution < 1.29 is 14.2 Å². The molecule has 0 spiro atoms. The summed E-state index contributed by atoms with van der Waals surface area (Å²) in [7, 11) is 1.53. The number of aryl methyl sites for hydroxylation is 1. The zero-order valence-electron chi connectivity index (χ0n) is 18.9. The van der Waals surface area contributed by atoms with Gasteiger partial charge in [0.1, 0.15) is 23.7 Å². The number of anilines is 1. The topological polar surface area (TPSA) is 102 Å². The number of likely N-dealkylation sites (tertiary alicyclic amines) is 1. The second kappa shape index (κ2) is 8.13. The summed E-state index contributed by atoms with van der Waals surface area (Å²) < 4.78 is 22.7. The molecule has 0 bridgehead atoms. The van der Waals surface area contributed by atoms with E-state index in [-0.39, 0.29) is 17.0 Å². The lowest BCUT2D eigenvalue weighted by Gasteiger charge is -2.43. The number of nitrogens with zero attached hydrogens (tertiary/aromatic N) is 5. The van der Waals surface area contributed by atoms with Gasteiger partial charge < -0.3 is 15.6 Å². The van der Waals surface area contributed by atoms with Gasteiger partial charge in [-0.25, -0.2) is 19.0 Å². The molecule has 0 radical (unpaired) electrons. The average Bonchev–Trinajstić information content (AvgIpc) is 3.03. The molecule has 0 aliphatic carbocycles. The second-order valence-electron chi connectivity index (χ2n) is 9.08. The van der Waals surface area contributed by atoms with Crippen molar-refractivity contribution >= 4 is 28.5 Å². The van der Waals surface area contributed by atoms with E-state index in [9.17, 15) is 5.11 Å². The predicted molar refractivity (Wildman–Crippen MR) is 122 cm³/mol. The van der Waals surface area contributed by atoms with Crippen molar-refractivity contribution in [1.82, 2.24) is 24.6 Å². The summed E-state index contributed by atoms with van der Waals surface area (Å²) in [5, 5.41) is 15.4. The lowest BCUT2D eigenvalue weighted by molar-refractivity contribution is 0.00662. The van der Waals surface area contributed by atoms with Crippen molar-refractivity contribution in [3.05, 3.63) is 40.1 Å². The predicted octanol–water partition coefficient (Wildman–Crippen LogP) is 3.30. The molecule has 8 nitrogen and oxygen atoms in total. The molecule has 3 N–H and O–H groups in total. The molecule has 32 heavy (non-hydrogen) atoms. The third-order valence-electron chi connectivity index (χ3n) is 5.93. The van der Waals surface area contributed by atoms with Crippen molar-refractivity contribution in [2.75, 3.05) is 32.5 Å². The molecule has 1 atom stereocenters. The van der Waals surface area contributed by atoms with Gasteiger partial charge in [0.2, 0.25) is 0 Å². The van der Waals surface area contributed by atoms with Gasteiger partial charge in [0.25, 0.3) is 0 Å². The van der Waals surface area contributed by atoms with Gasteiger partial charge in [-0.1, -0.05) is 11.6 Å². The maximum atomic E-state index is 15.2. The van der Waals surface area contributed by atoms with Crippen LogP contribution in [0.25, 0.3) is 11.0 Å². The normalized spacial score (nSPS) is 16.4. The van der Waals surface area contributed by atoms with E-state index >= 15 is 4.39 Å². The van der Waals surface area contributed by atoms with Crippen LogP contribution in [0.2, 0.25) is 5.02 Å². The first-order valence-corrected chi connectivity index (χ1v) is 10.9. The fraction of sp³-hybridized carbons (Fsp3) is 0.500. The van der Waals surface area contributed by atoms with E-state index in [1.54, 1.807) is 24.6 Å². The first-order chi connectivity index (χ1) is 15.0. The molecule has 0 amide bonds. The highest BCUT2D eigenvalue weighted by atomic mass is 35.5. The lowest BCUT2D eigenvalue weighted by atomic mass is 9.87.